The molecule has 0 radical (unpaired) electrons. The molecule has 0 saturated heterocycles. The first-order valence-electron chi connectivity index (χ1n) is 5.55. The fraction of sp³-hybridized carbons (Fsp3) is 0.154. The van der Waals surface area contributed by atoms with Crippen LogP contribution in [0.2, 0.25) is 5.02 Å². The number of hydrogen-bond donors (Lipinski definition) is 0. The lowest BCUT2D eigenvalue weighted by atomic mass is 10.3. The lowest BCUT2D eigenvalue weighted by Gasteiger charge is -2.02. The summed E-state index contributed by atoms with van der Waals surface area (Å²) in [5.41, 5.74) is 0.217. The van der Waals surface area contributed by atoms with Gasteiger partial charge in [-0.1, -0.05) is 11.6 Å². The molecule has 0 aliphatic rings. The van der Waals surface area contributed by atoms with Crippen LogP contribution in [0.5, 0.6) is 0 Å². The second kappa shape index (κ2) is 5.01. The summed E-state index contributed by atoms with van der Waals surface area (Å²) in [6, 6.07) is 10.3. The number of nitrogens with zero attached hydrogens (tertiary/aromatic N) is 4. The third-order valence-corrected chi connectivity index (χ3v) is 3.00. The molecule has 0 aliphatic carbocycles. The van der Waals surface area contributed by atoms with Gasteiger partial charge in [-0.05, 0) is 31.2 Å². The number of halogens is 1. The van der Waals surface area contributed by atoms with Crippen LogP contribution in [0.15, 0.2) is 29.1 Å². The van der Waals surface area contributed by atoms with E-state index >= 15 is 0 Å². The molecule has 0 aliphatic heterocycles. The van der Waals surface area contributed by atoms with Crippen molar-refractivity contribution in [3.63, 3.8) is 0 Å². The van der Waals surface area contributed by atoms with Crippen molar-refractivity contribution < 1.29 is 0 Å². The van der Waals surface area contributed by atoms with E-state index in [9.17, 15) is 10.1 Å². The molecular weight excluding hydrogens is 264 g/mol. The van der Waals surface area contributed by atoms with Crippen LogP contribution in [-0.4, -0.2) is 9.13 Å². The first-order chi connectivity index (χ1) is 9.13. The van der Waals surface area contributed by atoms with Gasteiger partial charge in [0.2, 0.25) is 0 Å². The summed E-state index contributed by atoms with van der Waals surface area (Å²) in [6.07, 6.45) is 0. The van der Waals surface area contributed by atoms with E-state index in [0.717, 1.165) is 0 Å². The topological polar surface area (TPSA) is 74.5 Å². The lowest BCUT2D eigenvalue weighted by molar-refractivity contribution is 0.706. The monoisotopic (exact) mass is 272 g/mol. The van der Waals surface area contributed by atoms with Crippen LogP contribution >= 0.6 is 11.6 Å². The average Bonchev–Trinajstić information content (AvgIpc) is 2.71. The van der Waals surface area contributed by atoms with Gasteiger partial charge in [-0.25, -0.2) is 4.79 Å². The number of rotatable bonds is 2. The minimum absolute atomic E-state index is 0.0386. The lowest BCUT2D eigenvalue weighted by Crippen LogP contribution is -2.23. The molecule has 1 aromatic heterocycles. The van der Waals surface area contributed by atoms with Crippen molar-refractivity contribution in [2.24, 2.45) is 0 Å². The van der Waals surface area contributed by atoms with Crippen LogP contribution in [0.4, 0.5) is 0 Å². The van der Waals surface area contributed by atoms with Crippen LogP contribution in [-0.2, 0) is 6.54 Å². The maximum atomic E-state index is 12.2. The van der Waals surface area contributed by atoms with Gasteiger partial charge in [-0.15, -0.1) is 0 Å². The molecular formula is C13H9ClN4O. The zero-order valence-electron chi connectivity index (χ0n) is 10.1. The molecule has 0 atom stereocenters. The summed E-state index contributed by atoms with van der Waals surface area (Å²) in [5, 5.41) is 18.8. The summed E-state index contributed by atoms with van der Waals surface area (Å²) in [6.45, 7) is 2.08. The van der Waals surface area contributed by atoms with Gasteiger partial charge in [-0.2, -0.15) is 10.5 Å². The molecule has 94 valence electrons. The first kappa shape index (κ1) is 12.9. The van der Waals surface area contributed by atoms with Crippen molar-refractivity contribution in [1.82, 2.24) is 9.13 Å². The third kappa shape index (κ3) is 2.01. The van der Waals surface area contributed by atoms with Gasteiger partial charge in [0.1, 0.15) is 12.1 Å². The van der Waals surface area contributed by atoms with Crippen molar-refractivity contribution in [2.75, 3.05) is 0 Å². The molecule has 2 aromatic rings. The number of benzene rings is 1. The summed E-state index contributed by atoms with van der Waals surface area (Å²) < 4.78 is 2.49. The van der Waals surface area contributed by atoms with Crippen LogP contribution < -0.4 is 5.69 Å². The second-order valence-electron chi connectivity index (χ2n) is 3.76. The quantitative estimate of drug-likeness (QED) is 0.840. The number of aromatic nitrogens is 2. The Morgan fingerprint density at radius 2 is 1.74 bits per heavy atom. The zero-order valence-corrected chi connectivity index (χ0v) is 10.8. The van der Waals surface area contributed by atoms with Crippen LogP contribution in [0.1, 0.15) is 18.3 Å². The molecule has 2 rings (SSSR count). The van der Waals surface area contributed by atoms with E-state index in [1.165, 1.54) is 9.13 Å². The summed E-state index contributed by atoms with van der Waals surface area (Å²) in [4.78, 5) is 12.2. The average molecular weight is 273 g/mol. The number of hydrogen-bond acceptors (Lipinski definition) is 3. The van der Waals surface area contributed by atoms with E-state index in [4.69, 9.17) is 16.9 Å². The first-order valence-corrected chi connectivity index (χ1v) is 5.93. The molecule has 0 unspecified atom stereocenters. The van der Waals surface area contributed by atoms with Gasteiger partial charge in [0, 0.05) is 11.6 Å². The van der Waals surface area contributed by atoms with E-state index in [1.54, 1.807) is 31.2 Å². The van der Waals surface area contributed by atoms with Gasteiger partial charge in [0.05, 0.1) is 5.69 Å². The highest BCUT2D eigenvalue weighted by molar-refractivity contribution is 6.30. The van der Waals surface area contributed by atoms with E-state index in [0.29, 0.717) is 17.3 Å². The van der Waals surface area contributed by atoms with Crippen LogP contribution in [0.25, 0.3) is 5.69 Å². The van der Waals surface area contributed by atoms with E-state index in [1.807, 2.05) is 12.1 Å². The minimum atomic E-state index is -0.405. The second-order valence-corrected chi connectivity index (χ2v) is 4.20. The fourth-order valence-corrected chi connectivity index (χ4v) is 2.01. The Morgan fingerprint density at radius 1 is 1.16 bits per heavy atom. The molecule has 0 amide bonds. The van der Waals surface area contributed by atoms with E-state index in [-0.39, 0.29) is 11.4 Å². The Balaban J connectivity index is 2.82. The molecule has 0 spiro atoms. The Kier molecular flexibility index (Phi) is 3.41. The highest BCUT2D eigenvalue weighted by atomic mass is 35.5. The molecule has 0 saturated carbocycles. The minimum Gasteiger partial charge on any atom is -0.282 e. The zero-order chi connectivity index (χ0) is 14.0. The van der Waals surface area contributed by atoms with Crippen molar-refractivity contribution in [3.05, 3.63) is 51.2 Å². The molecule has 1 aromatic carbocycles. The van der Waals surface area contributed by atoms with Gasteiger partial charge >= 0.3 is 5.69 Å². The predicted molar refractivity (Wildman–Crippen MR) is 70.1 cm³/mol. The van der Waals surface area contributed by atoms with Gasteiger partial charge < -0.3 is 0 Å². The van der Waals surface area contributed by atoms with Gasteiger partial charge in [0.15, 0.2) is 11.4 Å². The Hall–Kier alpha value is -2.50. The largest absolute Gasteiger partial charge is 0.334 e. The van der Waals surface area contributed by atoms with Crippen LogP contribution in [0, 0.1) is 22.7 Å². The Morgan fingerprint density at radius 3 is 2.21 bits per heavy atom. The maximum absolute atomic E-state index is 12.2. The van der Waals surface area contributed by atoms with Crippen molar-refractivity contribution in [1.29, 1.82) is 10.5 Å². The van der Waals surface area contributed by atoms with Crippen molar-refractivity contribution >= 4 is 11.6 Å². The summed E-state index contributed by atoms with van der Waals surface area (Å²) >= 11 is 5.79. The van der Waals surface area contributed by atoms with E-state index in [2.05, 4.69) is 0 Å². The highest BCUT2D eigenvalue weighted by Crippen LogP contribution is 2.16. The normalized spacial score (nSPS) is 9.89. The highest BCUT2D eigenvalue weighted by Gasteiger charge is 2.19. The fourth-order valence-electron chi connectivity index (χ4n) is 1.89. The van der Waals surface area contributed by atoms with Gasteiger partial charge in [-0.3, -0.25) is 9.13 Å². The Labute approximate surface area is 114 Å². The molecule has 0 N–H and O–H groups in total. The van der Waals surface area contributed by atoms with Gasteiger partial charge in [0.25, 0.3) is 0 Å². The third-order valence-electron chi connectivity index (χ3n) is 2.75. The summed E-state index contributed by atoms with van der Waals surface area (Å²) in [5.74, 6) is 0. The molecule has 6 heteroatoms. The molecule has 5 nitrogen and oxygen atoms in total. The molecule has 0 bridgehead atoms. The Bertz CT molecular complexity index is 756. The van der Waals surface area contributed by atoms with Crippen LogP contribution in [0.3, 0.4) is 0 Å². The standard InChI is InChI=1S/C13H9ClN4O/c1-2-17-11(7-15)12(8-16)18(13(17)19)10-5-3-9(14)4-6-10/h3-6H,2H2,1H3. The van der Waals surface area contributed by atoms with Crippen molar-refractivity contribution in [2.45, 2.75) is 13.5 Å². The SMILES string of the molecule is CCn1c(C#N)c(C#N)n(-c2ccc(Cl)cc2)c1=O. The smallest absolute Gasteiger partial charge is 0.282 e. The number of nitriles is 2. The molecule has 0 fully saturated rings. The molecule has 19 heavy (non-hydrogen) atoms. The summed E-state index contributed by atoms with van der Waals surface area (Å²) in [7, 11) is 0. The van der Waals surface area contributed by atoms with Crippen molar-refractivity contribution in [3.8, 4) is 17.8 Å². The maximum Gasteiger partial charge on any atom is 0.334 e. The molecule has 1 heterocycles. The number of imidazole rings is 1. The predicted octanol–water partition coefficient (Wildman–Crippen LogP) is 2.06. The van der Waals surface area contributed by atoms with E-state index < -0.39 is 5.69 Å².